The summed E-state index contributed by atoms with van der Waals surface area (Å²) in [6, 6.07) is 34.5. The van der Waals surface area contributed by atoms with Gasteiger partial charge in [0.15, 0.2) is 0 Å². The van der Waals surface area contributed by atoms with E-state index in [-0.39, 0.29) is 12.1 Å². The summed E-state index contributed by atoms with van der Waals surface area (Å²) in [5.74, 6) is 3.41. The van der Waals surface area contributed by atoms with Gasteiger partial charge in [-0.3, -0.25) is 0 Å². The molecular weight excluding hydrogens is 591 g/mol. The molecule has 0 fully saturated rings. The molecule has 0 saturated carbocycles. The Kier molecular flexibility index (Phi) is 5.07. The Morgan fingerprint density at radius 1 is 0.625 bits per heavy atom. The van der Waals surface area contributed by atoms with Crippen molar-refractivity contribution in [3.63, 3.8) is 0 Å². The maximum Gasteiger partial charge on any atom is 0.260 e. The highest BCUT2D eigenvalue weighted by molar-refractivity contribution is 6.98. The SMILES string of the molecule is CC(C)(C)c1ccc2c(c1)B1c3ccc4oc5c6c(ccc5c4c3Oc3cc(-c4cccc5oc7ccccc7c45)cc(c31)O2)CCC6. The summed E-state index contributed by atoms with van der Waals surface area (Å²) in [5, 5.41) is 4.38. The third kappa shape index (κ3) is 3.51. The number of rotatable bonds is 1. The lowest BCUT2D eigenvalue weighted by Gasteiger charge is -2.34. The van der Waals surface area contributed by atoms with Crippen molar-refractivity contribution in [2.24, 2.45) is 0 Å². The first-order valence-corrected chi connectivity index (χ1v) is 17.0. The van der Waals surface area contributed by atoms with E-state index in [1.807, 2.05) is 18.2 Å². The van der Waals surface area contributed by atoms with Crippen molar-refractivity contribution in [2.75, 3.05) is 0 Å². The number of furan rings is 2. The van der Waals surface area contributed by atoms with E-state index < -0.39 is 0 Å². The Morgan fingerprint density at radius 2 is 1.46 bits per heavy atom. The van der Waals surface area contributed by atoms with E-state index in [1.54, 1.807) is 0 Å². The van der Waals surface area contributed by atoms with Crippen LogP contribution in [0.5, 0.6) is 23.0 Å². The molecule has 1 aliphatic carbocycles. The van der Waals surface area contributed by atoms with Gasteiger partial charge in [-0.15, -0.1) is 0 Å². The minimum absolute atomic E-state index is 0.00681. The number of fused-ring (bicyclic) bond motifs is 13. The second kappa shape index (κ2) is 9.14. The highest BCUT2D eigenvalue weighted by Crippen LogP contribution is 2.46. The molecule has 0 unspecified atom stereocenters. The van der Waals surface area contributed by atoms with Crippen LogP contribution in [0.25, 0.3) is 55.0 Å². The average Bonchev–Trinajstić information content (AvgIpc) is 3.82. The van der Waals surface area contributed by atoms with Crippen LogP contribution in [0.3, 0.4) is 0 Å². The minimum Gasteiger partial charge on any atom is -0.458 e. The van der Waals surface area contributed by atoms with Gasteiger partial charge < -0.3 is 18.3 Å². The van der Waals surface area contributed by atoms with Gasteiger partial charge in [-0.1, -0.05) is 81.4 Å². The predicted octanol–water partition coefficient (Wildman–Crippen LogP) is 9.67. The number of aryl methyl sites for hydroxylation is 2. The number of ether oxygens (including phenoxy) is 2. The zero-order valence-electron chi connectivity index (χ0n) is 27.1. The van der Waals surface area contributed by atoms with E-state index in [4.69, 9.17) is 18.3 Å². The molecule has 2 aromatic heterocycles. The topological polar surface area (TPSA) is 44.7 Å². The molecule has 6 aromatic carbocycles. The van der Waals surface area contributed by atoms with Crippen molar-refractivity contribution < 1.29 is 18.3 Å². The quantitative estimate of drug-likeness (QED) is 0.171. The molecule has 3 aliphatic rings. The maximum atomic E-state index is 7.12. The van der Waals surface area contributed by atoms with Crippen molar-refractivity contribution in [3.05, 3.63) is 114 Å². The Balaban J connectivity index is 1.21. The van der Waals surface area contributed by atoms with Gasteiger partial charge >= 0.3 is 0 Å². The van der Waals surface area contributed by atoms with Crippen LogP contribution in [0.4, 0.5) is 0 Å². The van der Waals surface area contributed by atoms with Gasteiger partial charge in [-0.25, -0.2) is 0 Å². The third-order valence-electron chi connectivity index (χ3n) is 10.9. The fourth-order valence-electron chi connectivity index (χ4n) is 8.58. The van der Waals surface area contributed by atoms with Crippen LogP contribution in [0.15, 0.2) is 106 Å². The molecule has 4 nitrogen and oxygen atoms in total. The molecule has 0 saturated heterocycles. The fraction of sp³-hybridized carbons (Fsp3) is 0.163. The summed E-state index contributed by atoms with van der Waals surface area (Å²) >= 11 is 0. The molecule has 11 rings (SSSR count). The van der Waals surface area contributed by atoms with Crippen LogP contribution in [-0.4, -0.2) is 6.71 Å². The molecule has 230 valence electrons. The van der Waals surface area contributed by atoms with E-state index >= 15 is 0 Å². The van der Waals surface area contributed by atoms with Crippen LogP contribution in [0.1, 0.15) is 43.9 Å². The molecule has 0 bridgehead atoms. The van der Waals surface area contributed by atoms with Gasteiger partial charge in [0.05, 0.1) is 5.39 Å². The standard InChI is InChI=1S/C43H31BO4/c1-43(2,3)25-15-18-33-31(22-25)44-30-17-19-35-39(29-16-14-23-8-6-11-27(23)41(29)47-35)42(30)48-37-21-24(20-36(46-33)40(37)44)26-10-7-13-34-38(26)28-9-4-5-12-32(28)45-34/h4-5,7,9-10,12-22H,6,8,11H2,1-3H3. The highest BCUT2D eigenvalue weighted by Gasteiger charge is 2.42. The summed E-state index contributed by atoms with van der Waals surface area (Å²) in [4.78, 5) is 0. The number of hydrogen-bond acceptors (Lipinski definition) is 4. The van der Waals surface area contributed by atoms with Crippen molar-refractivity contribution in [2.45, 2.75) is 45.4 Å². The van der Waals surface area contributed by atoms with E-state index in [0.717, 1.165) is 102 Å². The first-order chi connectivity index (χ1) is 23.4. The molecule has 0 amide bonds. The molecular formula is C43H31BO4. The van der Waals surface area contributed by atoms with Crippen molar-refractivity contribution in [1.82, 2.24) is 0 Å². The molecule has 48 heavy (non-hydrogen) atoms. The molecule has 0 N–H and O–H groups in total. The van der Waals surface area contributed by atoms with Crippen LogP contribution < -0.4 is 25.9 Å². The van der Waals surface area contributed by atoms with E-state index in [2.05, 4.69) is 99.6 Å². The Hall–Kier alpha value is -5.42. The van der Waals surface area contributed by atoms with Gasteiger partial charge in [-0.05, 0) is 99.8 Å². The largest absolute Gasteiger partial charge is 0.458 e. The molecule has 5 heteroatoms. The van der Waals surface area contributed by atoms with E-state index in [9.17, 15) is 0 Å². The lowest BCUT2D eigenvalue weighted by molar-refractivity contribution is 0.467. The Morgan fingerprint density at radius 3 is 2.35 bits per heavy atom. The lowest BCUT2D eigenvalue weighted by Crippen LogP contribution is -2.57. The molecule has 8 aromatic rings. The highest BCUT2D eigenvalue weighted by atomic mass is 16.5. The summed E-state index contributed by atoms with van der Waals surface area (Å²) in [5.41, 5.74) is 13.2. The summed E-state index contributed by atoms with van der Waals surface area (Å²) in [6.45, 7) is 6.75. The van der Waals surface area contributed by atoms with Gasteiger partial charge in [0.25, 0.3) is 6.71 Å². The normalized spacial score (nSPS) is 14.6. The van der Waals surface area contributed by atoms with E-state index in [0.29, 0.717) is 0 Å². The van der Waals surface area contributed by atoms with E-state index in [1.165, 1.54) is 28.6 Å². The zero-order chi connectivity index (χ0) is 31.9. The maximum absolute atomic E-state index is 7.12. The third-order valence-corrected chi connectivity index (χ3v) is 10.9. The van der Waals surface area contributed by atoms with Gasteiger partial charge in [0.1, 0.15) is 45.3 Å². The smallest absolute Gasteiger partial charge is 0.260 e. The molecule has 2 aliphatic heterocycles. The molecule has 4 heterocycles. The fourth-order valence-corrected chi connectivity index (χ4v) is 8.58. The predicted molar refractivity (Wildman–Crippen MR) is 195 cm³/mol. The summed E-state index contributed by atoms with van der Waals surface area (Å²) in [7, 11) is 0. The zero-order valence-corrected chi connectivity index (χ0v) is 27.1. The number of para-hydroxylation sites is 1. The van der Waals surface area contributed by atoms with Crippen LogP contribution in [-0.2, 0) is 18.3 Å². The van der Waals surface area contributed by atoms with Crippen LogP contribution in [0.2, 0.25) is 0 Å². The lowest BCUT2D eigenvalue weighted by atomic mass is 9.34. The monoisotopic (exact) mass is 622 g/mol. The summed E-state index contributed by atoms with van der Waals surface area (Å²) < 4.78 is 26.9. The average molecular weight is 623 g/mol. The minimum atomic E-state index is -0.0480. The van der Waals surface area contributed by atoms with Gasteiger partial charge in [-0.2, -0.15) is 0 Å². The molecule has 0 radical (unpaired) electrons. The van der Waals surface area contributed by atoms with Crippen molar-refractivity contribution >= 4 is 67.0 Å². The summed E-state index contributed by atoms with van der Waals surface area (Å²) in [6.07, 6.45) is 3.35. The van der Waals surface area contributed by atoms with Gasteiger partial charge in [0, 0.05) is 21.6 Å². The van der Waals surface area contributed by atoms with Gasteiger partial charge in [0.2, 0.25) is 0 Å². The Bertz CT molecular complexity index is 2700. The first-order valence-electron chi connectivity index (χ1n) is 17.0. The van der Waals surface area contributed by atoms with Crippen LogP contribution in [0, 0.1) is 0 Å². The number of hydrogen-bond donors (Lipinski definition) is 0. The Labute approximate surface area is 278 Å². The molecule has 0 atom stereocenters. The molecule has 0 spiro atoms. The second-order valence-electron chi connectivity index (χ2n) is 14.7. The van der Waals surface area contributed by atoms with Crippen LogP contribution >= 0.6 is 0 Å². The second-order valence-corrected chi connectivity index (χ2v) is 14.7. The van der Waals surface area contributed by atoms with Crippen molar-refractivity contribution in [3.8, 4) is 34.1 Å². The first kappa shape index (κ1) is 26.6. The van der Waals surface area contributed by atoms with Crippen molar-refractivity contribution in [1.29, 1.82) is 0 Å². The number of benzene rings is 6.